The number of carbonyl (C=O) groups excluding carboxylic acids is 2. The number of hydrogen-bond acceptors (Lipinski definition) is 5. The molecular weight excluding hydrogens is 286 g/mol. The Morgan fingerprint density at radius 3 is 2.86 bits per heavy atom. The lowest BCUT2D eigenvalue weighted by Crippen LogP contribution is -2.31. The van der Waals surface area contributed by atoms with Crippen LogP contribution in [0.3, 0.4) is 0 Å². The van der Waals surface area contributed by atoms with Crippen LogP contribution in [-0.2, 0) is 9.59 Å². The van der Waals surface area contributed by atoms with Crippen LogP contribution in [-0.4, -0.2) is 40.3 Å². The van der Waals surface area contributed by atoms with E-state index >= 15 is 0 Å². The molecule has 1 aromatic carbocycles. The second kappa shape index (κ2) is 5.84. The van der Waals surface area contributed by atoms with Crippen LogP contribution in [0.2, 0.25) is 0 Å². The van der Waals surface area contributed by atoms with E-state index in [1.807, 2.05) is 12.1 Å². The molecule has 0 saturated carbocycles. The SMILES string of the molecule is COc1cccc(N2C[C@@H](C(=O)Nn3cnnc3)CC2=O)c1. The second-order valence-electron chi connectivity index (χ2n) is 4.95. The molecule has 2 heterocycles. The third kappa shape index (κ3) is 2.76. The van der Waals surface area contributed by atoms with Crippen LogP contribution in [0.1, 0.15) is 6.42 Å². The Balaban J connectivity index is 1.71. The molecule has 1 aromatic heterocycles. The van der Waals surface area contributed by atoms with Gasteiger partial charge in [-0.05, 0) is 12.1 Å². The summed E-state index contributed by atoms with van der Waals surface area (Å²) < 4.78 is 6.52. The smallest absolute Gasteiger partial charge is 0.244 e. The molecule has 0 bridgehead atoms. The normalized spacial score (nSPS) is 17.6. The summed E-state index contributed by atoms with van der Waals surface area (Å²) in [6.45, 7) is 0.333. The number of amides is 2. The van der Waals surface area contributed by atoms with Gasteiger partial charge in [-0.3, -0.25) is 15.0 Å². The van der Waals surface area contributed by atoms with Gasteiger partial charge in [-0.2, -0.15) is 0 Å². The molecule has 2 amide bonds. The third-order valence-electron chi connectivity index (χ3n) is 3.52. The topological polar surface area (TPSA) is 89.3 Å². The number of nitrogens with zero attached hydrogens (tertiary/aromatic N) is 4. The number of benzene rings is 1. The van der Waals surface area contributed by atoms with E-state index in [0.717, 1.165) is 5.69 Å². The van der Waals surface area contributed by atoms with Crippen LogP contribution in [0, 0.1) is 5.92 Å². The molecule has 2 aromatic rings. The maximum absolute atomic E-state index is 12.2. The number of nitrogens with one attached hydrogen (secondary N) is 1. The molecule has 0 aliphatic carbocycles. The lowest BCUT2D eigenvalue weighted by atomic mass is 10.1. The van der Waals surface area contributed by atoms with Gasteiger partial charge in [-0.25, -0.2) is 4.68 Å². The number of hydrogen-bond donors (Lipinski definition) is 1. The van der Waals surface area contributed by atoms with Gasteiger partial charge in [-0.1, -0.05) is 6.07 Å². The van der Waals surface area contributed by atoms with Gasteiger partial charge in [0.25, 0.3) is 0 Å². The van der Waals surface area contributed by atoms with E-state index in [-0.39, 0.29) is 18.2 Å². The predicted octanol–water partition coefficient (Wildman–Crippen LogP) is 0.410. The van der Waals surface area contributed by atoms with Crippen molar-refractivity contribution >= 4 is 17.5 Å². The molecule has 8 heteroatoms. The van der Waals surface area contributed by atoms with Crippen molar-refractivity contribution in [1.82, 2.24) is 14.9 Å². The van der Waals surface area contributed by atoms with E-state index in [2.05, 4.69) is 15.6 Å². The zero-order valence-corrected chi connectivity index (χ0v) is 12.0. The highest BCUT2D eigenvalue weighted by atomic mass is 16.5. The fourth-order valence-corrected chi connectivity index (χ4v) is 2.39. The Labute approximate surface area is 126 Å². The summed E-state index contributed by atoms with van der Waals surface area (Å²) in [6, 6.07) is 7.21. The third-order valence-corrected chi connectivity index (χ3v) is 3.52. The summed E-state index contributed by atoms with van der Waals surface area (Å²) in [5, 5.41) is 7.21. The van der Waals surface area contributed by atoms with Crippen LogP contribution in [0.4, 0.5) is 5.69 Å². The molecule has 0 radical (unpaired) electrons. The standard InChI is InChI=1S/C14H15N5O3/c1-22-12-4-2-3-11(6-12)19-7-10(5-13(19)20)14(21)17-18-8-15-16-9-18/h2-4,6,8-10H,5,7H2,1H3,(H,17,21)/t10-/m0/s1. The summed E-state index contributed by atoms with van der Waals surface area (Å²) in [4.78, 5) is 25.9. The summed E-state index contributed by atoms with van der Waals surface area (Å²) in [6.07, 6.45) is 2.94. The first-order valence-electron chi connectivity index (χ1n) is 6.77. The first-order chi connectivity index (χ1) is 10.7. The molecule has 0 unspecified atom stereocenters. The summed E-state index contributed by atoms with van der Waals surface area (Å²) in [7, 11) is 1.57. The highest BCUT2D eigenvalue weighted by Crippen LogP contribution is 2.28. The molecule has 1 N–H and O–H groups in total. The maximum atomic E-state index is 12.2. The largest absolute Gasteiger partial charge is 0.497 e. The molecule has 1 saturated heterocycles. The lowest BCUT2D eigenvalue weighted by Gasteiger charge is -2.17. The number of ether oxygens (including phenoxy) is 1. The lowest BCUT2D eigenvalue weighted by molar-refractivity contribution is -0.123. The molecule has 22 heavy (non-hydrogen) atoms. The first-order valence-corrected chi connectivity index (χ1v) is 6.77. The molecule has 1 atom stereocenters. The van der Waals surface area contributed by atoms with E-state index < -0.39 is 5.92 Å². The average molecular weight is 301 g/mol. The highest BCUT2D eigenvalue weighted by molar-refractivity contribution is 6.01. The Morgan fingerprint density at radius 1 is 1.36 bits per heavy atom. The van der Waals surface area contributed by atoms with Crippen molar-refractivity contribution in [3.63, 3.8) is 0 Å². The summed E-state index contributed by atoms with van der Waals surface area (Å²) in [5.41, 5.74) is 3.35. The zero-order valence-electron chi connectivity index (χ0n) is 12.0. The molecule has 1 aliphatic heterocycles. The van der Waals surface area contributed by atoms with Crippen molar-refractivity contribution in [1.29, 1.82) is 0 Å². The van der Waals surface area contributed by atoms with Gasteiger partial charge >= 0.3 is 0 Å². The number of methoxy groups -OCH3 is 1. The van der Waals surface area contributed by atoms with Crippen molar-refractivity contribution in [2.24, 2.45) is 5.92 Å². The van der Waals surface area contributed by atoms with Gasteiger partial charge in [-0.15, -0.1) is 10.2 Å². The van der Waals surface area contributed by atoms with E-state index in [4.69, 9.17) is 4.74 Å². The molecule has 0 spiro atoms. The highest BCUT2D eigenvalue weighted by Gasteiger charge is 2.35. The number of carbonyl (C=O) groups is 2. The predicted molar refractivity (Wildman–Crippen MR) is 77.8 cm³/mol. The minimum Gasteiger partial charge on any atom is -0.497 e. The molecule has 3 rings (SSSR count). The fourth-order valence-electron chi connectivity index (χ4n) is 2.39. The van der Waals surface area contributed by atoms with Gasteiger partial charge in [0.1, 0.15) is 18.4 Å². The minimum absolute atomic E-state index is 0.0860. The van der Waals surface area contributed by atoms with Crippen LogP contribution >= 0.6 is 0 Å². The van der Waals surface area contributed by atoms with Gasteiger partial charge in [0.05, 0.1) is 13.0 Å². The van der Waals surface area contributed by atoms with E-state index in [0.29, 0.717) is 12.3 Å². The van der Waals surface area contributed by atoms with Gasteiger partial charge in [0.2, 0.25) is 11.8 Å². The van der Waals surface area contributed by atoms with Crippen molar-refractivity contribution in [2.75, 3.05) is 24.0 Å². The van der Waals surface area contributed by atoms with Crippen LogP contribution in [0.15, 0.2) is 36.9 Å². The van der Waals surface area contributed by atoms with Gasteiger partial charge < -0.3 is 9.64 Å². The maximum Gasteiger partial charge on any atom is 0.244 e. The van der Waals surface area contributed by atoms with Crippen LogP contribution < -0.4 is 15.1 Å². The van der Waals surface area contributed by atoms with E-state index in [1.54, 1.807) is 24.1 Å². The molecule has 8 nitrogen and oxygen atoms in total. The minimum atomic E-state index is -0.416. The Bertz CT molecular complexity index is 686. The number of rotatable bonds is 4. The van der Waals surface area contributed by atoms with Gasteiger partial charge in [0.15, 0.2) is 0 Å². The zero-order chi connectivity index (χ0) is 15.5. The molecule has 1 fully saturated rings. The summed E-state index contributed by atoms with van der Waals surface area (Å²) >= 11 is 0. The van der Waals surface area contributed by atoms with Crippen LogP contribution in [0.25, 0.3) is 0 Å². The van der Waals surface area contributed by atoms with Crippen LogP contribution in [0.5, 0.6) is 5.75 Å². The Hall–Kier alpha value is -2.90. The average Bonchev–Trinajstić information content (AvgIpc) is 3.17. The van der Waals surface area contributed by atoms with Crippen molar-refractivity contribution < 1.29 is 14.3 Å². The summed E-state index contributed by atoms with van der Waals surface area (Å²) in [5.74, 6) is -0.0699. The number of aromatic nitrogens is 3. The molecule has 114 valence electrons. The quantitative estimate of drug-likeness (QED) is 0.883. The fraction of sp³-hybridized carbons (Fsp3) is 0.286. The number of anilines is 1. The first kappa shape index (κ1) is 14.1. The van der Waals surface area contributed by atoms with Gasteiger partial charge in [0, 0.05) is 24.7 Å². The van der Waals surface area contributed by atoms with E-state index in [9.17, 15) is 9.59 Å². The van der Waals surface area contributed by atoms with E-state index in [1.165, 1.54) is 17.3 Å². The Morgan fingerprint density at radius 2 is 2.14 bits per heavy atom. The van der Waals surface area contributed by atoms with Crippen molar-refractivity contribution in [2.45, 2.75) is 6.42 Å². The molecular formula is C14H15N5O3. The van der Waals surface area contributed by atoms with Crippen molar-refractivity contribution in [3.05, 3.63) is 36.9 Å². The molecule has 1 aliphatic rings. The van der Waals surface area contributed by atoms with Crippen molar-refractivity contribution in [3.8, 4) is 5.75 Å². The monoisotopic (exact) mass is 301 g/mol. The second-order valence-corrected chi connectivity index (χ2v) is 4.95. The Kier molecular flexibility index (Phi) is 3.73.